The van der Waals surface area contributed by atoms with E-state index >= 15 is 0 Å². The number of rotatable bonds is 3. The third-order valence-corrected chi connectivity index (χ3v) is 4.58. The Morgan fingerprint density at radius 3 is 2.18 bits per heavy atom. The van der Waals surface area contributed by atoms with Crippen molar-refractivity contribution in [2.75, 3.05) is 19.0 Å². The number of allylic oxidation sites excluding steroid dienone is 4. The Balaban J connectivity index is 2.77. The lowest BCUT2D eigenvalue weighted by Crippen LogP contribution is -2.22. The molecule has 1 N–H and O–H groups in total. The number of nitrogens with one attached hydrogen (secondary N) is 1. The smallest absolute Gasteiger partial charge is 0.0405 e. The number of benzene rings is 1. The van der Waals surface area contributed by atoms with Crippen molar-refractivity contribution < 1.29 is 0 Å². The monoisotopic (exact) mass is 296 g/mol. The molecule has 0 saturated heterocycles. The van der Waals surface area contributed by atoms with E-state index in [-0.39, 0.29) is 5.41 Å². The summed E-state index contributed by atoms with van der Waals surface area (Å²) in [5.74, 6) is 0. The summed E-state index contributed by atoms with van der Waals surface area (Å²) in [4.78, 5) is 2.15. The molecule has 0 atom stereocenters. The lowest BCUT2D eigenvalue weighted by atomic mass is 9.79. The van der Waals surface area contributed by atoms with Crippen LogP contribution in [0.4, 0.5) is 5.69 Å². The van der Waals surface area contributed by atoms with Gasteiger partial charge in [0.05, 0.1) is 0 Å². The van der Waals surface area contributed by atoms with Gasteiger partial charge in [-0.2, -0.15) is 0 Å². The summed E-state index contributed by atoms with van der Waals surface area (Å²) in [5.41, 5.74) is 8.84. The first-order valence-electron chi connectivity index (χ1n) is 7.91. The molecule has 0 bridgehead atoms. The standard InChI is InChI=1S/C20H28N2/c1-13-8-9-15(14(13)2)16-10-11-18(22(6)7)19(17(16)12-21)20(3,4)5/h8,10-12,21H,9H2,1-7H3. The van der Waals surface area contributed by atoms with Crippen LogP contribution in [0.2, 0.25) is 0 Å². The molecule has 0 amide bonds. The average Bonchev–Trinajstić information content (AvgIpc) is 2.76. The van der Waals surface area contributed by atoms with Crippen LogP contribution in [0.1, 0.15) is 57.7 Å². The first-order chi connectivity index (χ1) is 10.2. The van der Waals surface area contributed by atoms with Gasteiger partial charge in [0.25, 0.3) is 0 Å². The van der Waals surface area contributed by atoms with E-state index in [0.717, 1.165) is 12.0 Å². The van der Waals surface area contributed by atoms with Crippen LogP contribution in [0, 0.1) is 5.41 Å². The number of hydrogen-bond donors (Lipinski definition) is 1. The second kappa shape index (κ2) is 5.75. The fourth-order valence-electron chi connectivity index (χ4n) is 3.29. The van der Waals surface area contributed by atoms with Crippen LogP contribution in [0.25, 0.3) is 5.57 Å². The zero-order valence-electron chi connectivity index (χ0n) is 15.0. The van der Waals surface area contributed by atoms with E-state index in [0.29, 0.717) is 0 Å². The molecule has 0 fully saturated rings. The fourth-order valence-corrected chi connectivity index (χ4v) is 3.29. The van der Waals surface area contributed by atoms with Gasteiger partial charge in [0.1, 0.15) is 0 Å². The highest BCUT2D eigenvalue weighted by atomic mass is 15.1. The van der Waals surface area contributed by atoms with Crippen LogP contribution in [-0.2, 0) is 5.41 Å². The molecule has 118 valence electrons. The van der Waals surface area contributed by atoms with Gasteiger partial charge in [0.15, 0.2) is 0 Å². The Morgan fingerprint density at radius 1 is 1.14 bits per heavy atom. The minimum Gasteiger partial charge on any atom is -0.377 e. The Hall–Kier alpha value is -1.83. The summed E-state index contributed by atoms with van der Waals surface area (Å²) in [7, 11) is 4.15. The third-order valence-electron chi connectivity index (χ3n) is 4.58. The van der Waals surface area contributed by atoms with Crippen LogP contribution in [0.15, 0.2) is 29.4 Å². The second-order valence-corrected chi connectivity index (χ2v) is 7.40. The van der Waals surface area contributed by atoms with Gasteiger partial charge in [-0.25, -0.2) is 0 Å². The minimum atomic E-state index is -0.00195. The van der Waals surface area contributed by atoms with Crippen molar-refractivity contribution >= 4 is 17.5 Å². The zero-order chi connectivity index (χ0) is 16.7. The van der Waals surface area contributed by atoms with Gasteiger partial charge in [-0.15, -0.1) is 0 Å². The molecule has 0 aromatic heterocycles. The van der Waals surface area contributed by atoms with Crippen molar-refractivity contribution in [2.24, 2.45) is 0 Å². The first-order valence-corrected chi connectivity index (χ1v) is 7.91. The maximum Gasteiger partial charge on any atom is 0.0405 e. The molecule has 1 aliphatic rings. The first kappa shape index (κ1) is 16.5. The van der Waals surface area contributed by atoms with Crippen molar-refractivity contribution in [2.45, 2.75) is 46.5 Å². The second-order valence-electron chi connectivity index (χ2n) is 7.40. The molecule has 2 nitrogen and oxygen atoms in total. The van der Waals surface area contributed by atoms with Gasteiger partial charge in [0, 0.05) is 31.6 Å². The van der Waals surface area contributed by atoms with E-state index in [4.69, 9.17) is 5.41 Å². The molecular formula is C20H28N2. The Kier molecular flexibility index (Phi) is 4.32. The number of hydrogen-bond acceptors (Lipinski definition) is 2. The van der Waals surface area contributed by atoms with E-state index in [9.17, 15) is 0 Å². The molecule has 0 unspecified atom stereocenters. The topological polar surface area (TPSA) is 27.1 Å². The summed E-state index contributed by atoms with van der Waals surface area (Å²) < 4.78 is 0. The summed E-state index contributed by atoms with van der Waals surface area (Å²) in [6.07, 6.45) is 4.80. The van der Waals surface area contributed by atoms with Crippen molar-refractivity contribution in [3.8, 4) is 0 Å². The van der Waals surface area contributed by atoms with Crippen LogP contribution in [0.5, 0.6) is 0 Å². The zero-order valence-corrected chi connectivity index (χ0v) is 15.0. The molecule has 22 heavy (non-hydrogen) atoms. The molecule has 0 spiro atoms. The molecule has 0 aliphatic heterocycles. The Morgan fingerprint density at radius 2 is 1.77 bits per heavy atom. The lowest BCUT2D eigenvalue weighted by Gasteiger charge is -2.30. The van der Waals surface area contributed by atoms with E-state index in [1.54, 1.807) is 0 Å². The summed E-state index contributed by atoms with van der Waals surface area (Å²) >= 11 is 0. The molecule has 0 saturated carbocycles. The van der Waals surface area contributed by atoms with Crippen molar-refractivity contribution in [1.82, 2.24) is 0 Å². The highest BCUT2D eigenvalue weighted by Gasteiger charge is 2.26. The fraction of sp³-hybridized carbons (Fsp3) is 0.450. The lowest BCUT2D eigenvalue weighted by molar-refractivity contribution is 0.588. The number of anilines is 1. The van der Waals surface area contributed by atoms with Gasteiger partial charge in [-0.05, 0) is 54.0 Å². The predicted molar refractivity (Wildman–Crippen MR) is 98.3 cm³/mol. The van der Waals surface area contributed by atoms with Gasteiger partial charge >= 0.3 is 0 Å². The maximum atomic E-state index is 8.04. The van der Waals surface area contributed by atoms with Crippen molar-refractivity contribution in [3.05, 3.63) is 46.0 Å². The third kappa shape index (κ3) is 2.75. The van der Waals surface area contributed by atoms with Gasteiger partial charge in [-0.1, -0.05) is 38.5 Å². The van der Waals surface area contributed by atoms with E-state index in [2.05, 4.69) is 71.8 Å². The van der Waals surface area contributed by atoms with Crippen molar-refractivity contribution in [1.29, 1.82) is 5.41 Å². The summed E-state index contributed by atoms with van der Waals surface area (Å²) in [5, 5.41) is 8.04. The normalized spacial score (nSPS) is 15.1. The maximum absolute atomic E-state index is 8.04. The average molecular weight is 296 g/mol. The molecule has 0 radical (unpaired) electrons. The summed E-state index contributed by atoms with van der Waals surface area (Å²) in [6.45, 7) is 11.0. The minimum absolute atomic E-state index is 0.00195. The predicted octanol–water partition coefficient (Wildman–Crippen LogP) is 5.17. The van der Waals surface area contributed by atoms with Crippen LogP contribution >= 0.6 is 0 Å². The Bertz CT molecular complexity index is 668. The molecule has 2 heteroatoms. The molecule has 1 aromatic rings. The van der Waals surface area contributed by atoms with E-state index in [1.807, 2.05) is 0 Å². The SMILES string of the molecule is CC1=CCC(c2ccc(N(C)C)c(C(C)(C)C)c2C=N)=C1C. The molecule has 0 heterocycles. The highest BCUT2D eigenvalue weighted by Crippen LogP contribution is 2.41. The quantitative estimate of drug-likeness (QED) is 0.765. The molecular weight excluding hydrogens is 268 g/mol. The van der Waals surface area contributed by atoms with Crippen molar-refractivity contribution in [3.63, 3.8) is 0 Å². The molecule has 2 rings (SSSR count). The van der Waals surface area contributed by atoms with Gasteiger partial charge < -0.3 is 10.3 Å². The van der Waals surface area contributed by atoms with Gasteiger partial charge in [-0.3, -0.25) is 0 Å². The molecule has 1 aliphatic carbocycles. The van der Waals surface area contributed by atoms with E-state index in [1.165, 1.54) is 39.7 Å². The van der Waals surface area contributed by atoms with Gasteiger partial charge in [0.2, 0.25) is 0 Å². The number of nitrogens with zero attached hydrogens (tertiary/aromatic N) is 1. The van der Waals surface area contributed by atoms with Crippen LogP contribution in [0.3, 0.4) is 0 Å². The highest BCUT2D eigenvalue weighted by molar-refractivity contribution is 5.94. The van der Waals surface area contributed by atoms with E-state index < -0.39 is 0 Å². The van der Waals surface area contributed by atoms with Crippen LogP contribution in [-0.4, -0.2) is 20.3 Å². The molecule has 1 aromatic carbocycles. The Labute approximate surface area is 135 Å². The van der Waals surface area contributed by atoms with Crippen LogP contribution < -0.4 is 4.90 Å². The largest absolute Gasteiger partial charge is 0.377 e. The summed E-state index contributed by atoms with van der Waals surface area (Å²) in [6, 6.07) is 4.40.